The van der Waals surface area contributed by atoms with Gasteiger partial charge in [-0.25, -0.2) is 0 Å². The molecule has 8 heteroatoms. The molecule has 0 bridgehead atoms. The maximum atomic E-state index is 12.6. The summed E-state index contributed by atoms with van der Waals surface area (Å²) in [5.74, 6) is 1.06. The molecule has 0 N–H and O–H groups in total. The number of ether oxygens (including phenoxy) is 3. The van der Waals surface area contributed by atoms with Crippen LogP contribution in [0, 0.1) is 0 Å². The van der Waals surface area contributed by atoms with E-state index in [4.69, 9.17) is 26.4 Å². The number of nitrogens with zero attached hydrogens (tertiary/aromatic N) is 2. The molecule has 0 unspecified atom stereocenters. The Morgan fingerprint density at radius 1 is 1.03 bits per heavy atom. The van der Waals surface area contributed by atoms with E-state index in [0.29, 0.717) is 29.4 Å². The number of carbonyl (C=O) groups is 2. The second-order valence-corrected chi connectivity index (χ2v) is 6.95. The number of amides is 2. The molecular weight excluding hydrogens is 392 g/mol. The lowest BCUT2D eigenvalue weighted by Gasteiger charge is -2.31. The summed E-state index contributed by atoms with van der Waals surface area (Å²) in [6, 6.07) is 12.8. The van der Waals surface area contributed by atoms with Crippen LogP contribution < -0.4 is 14.2 Å². The van der Waals surface area contributed by atoms with E-state index < -0.39 is 11.8 Å². The maximum Gasteiger partial charge on any atom is 0.265 e. The highest BCUT2D eigenvalue weighted by molar-refractivity contribution is 7.80. The van der Waals surface area contributed by atoms with Crippen LogP contribution in [-0.2, 0) is 16.2 Å². The van der Waals surface area contributed by atoms with Crippen molar-refractivity contribution < 1.29 is 23.8 Å². The van der Waals surface area contributed by atoms with Crippen LogP contribution in [0.4, 0.5) is 0 Å². The lowest BCUT2D eigenvalue weighted by molar-refractivity contribution is -0.132. The third kappa shape index (κ3) is 3.54. The highest BCUT2D eigenvalue weighted by Crippen LogP contribution is 2.33. The molecule has 2 aliphatic rings. The van der Waals surface area contributed by atoms with E-state index in [1.807, 2.05) is 30.3 Å². The van der Waals surface area contributed by atoms with Gasteiger partial charge < -0.3 is 14.2 Å². The maximum absolute atomic E-state index is 12.6. The molecule has 2 heterocycles. The summed E-state index contributed by atoms with van der Waals surface area (Å²) in [5.41, 5.74) is 1.56. The van der Waals surface area contributed by atoms with Gasteiger partial charge in [-0.05, 0) is 42.1 Å². The number of fused-ring (bicyclic) bond motifs is 1. The molecule has 4 rings (SSSR count). The van der Waals surface area contributed by atoms with Gasteiger partial charge in [-0.2, -0.15) is 0 Å². The molecule has 0 radical (unpaired) electrons. The summed E-state index contributed by atoms with van der Waals surface area (Å²) in [7, 11) is 3.09. The molecule has 1 saturated heterocycles. The fourth-order valence-electron chi connectivity index (χ4n) is 3.05. The Morgan fingerprint density at radius 2 is 1.72 bits per heavy atom. The van der Waals surface area contributed by atoms with Crippen LogP contribution in [0.25, 0.3) is 6.08 Å². The molecule has 0 aliphatic carbocycles. The molecule has 1 fully saturated rings. The van der Waals surface area contributed by atoms with E-state index in [0.717, 1.165) is 5.56 Å². The lowest BCUT2D eigenvalue weighted by Crippen LogP contribution is -2.52. The lowest BCUT2D eigenvalue weighted by atomic mass is 10.1. The Labute approximate surface area is 173 Å². The largest absolute Gasteiger partial charge is 0.488 e. The summed E-state index contributed by atoms with van der Waals surface area (Å²) in [6.07, 6.45) is 1.54. The summed E-state index contributed by atoms with van der Waals surface area (Å²) in [6.45, 7) is 0.507. The number of benzene rings is 2. The SMILES string of the molecule is CN1C(=O)C(=Cc2ccccc2OCc2ccc3c(c2)OCO3)C(=O)N(C)C1=S. The standard InChI is InChI=1S/C21H18N2O5S/c1-22-19(24)15(20(25)23(2)21(22)29)10-14-5-3-4-6-16(14)26-11-13-7-8-17-18(9-13)28-12-27-17/h3-10H,11-12H2,1-2H3. The monoisotopic (exact) mass is 410 g/mol. The van der Waals surface area contributed by atoms with Crippen LogP contribution in [0.1, 0.15) is 11.1 Å². The molecule has 2 aliphatic heterocycles. The molecular formula is C21H18N2O5S. The van der Waals surface area contributed by atoms with E-state index in [1.165, 1.54) is 15.9 Å². The van der Waals surface area contributed by atoms with Crippen LogP contribution in [0.15, 0.2) is 48.0 Å². The Morgan fingerprint density at radius 3 is 2.48 bits per heavy atom. The first kappa shape index (κ1) is 18.9. The van der Waals surface area contributed by atoms with E-state index in [-0.39, 0.29) is 17.5 Å². The van der Waals surface area contributed by atoms with Crippen molar-refractivity contribution in [2.24, 2.45) is 0 Å². The molecule has 0 saturated carbocycles. The summed E-state index contributed by atoms with van der Waals surface area (Å²) < 4.78 is 16.7. The van der Waals surface area contributed by atoms with Gasteiger partial charge in [-0.1, -0.05) is 24.3 Å². The number of hydrogen-bond acceptors (Lipinski definition) is 6. The van der Waals surface area contributed by atoms with E-state index in [2.05, 4.69) is 0 Å². The van der Waals surface area contributed by atoms with Crippen molar-refractivity contribution >= 4 is 35.2 Å². The number of rotatable bonds is 4. The second-order valence-electron chi connectivity index (χ2n) is 6.58. The average molecular weight is 410 g/mol. The molecule has 2 aromatic carbocycles. The van der Waals surface area contributed by atoms with Crippen LogP contribution in [-0.4, -0.2) is 47.6 Å². The Kier molecular flexibility index (Phi) is 4.94. The van der Waals surface area contributed by atoms with E-state index >= 15 is 0 Å². The van der Waals surface area contributed by atoms with Gasteiger partial charge in [0.25, 0.3) is 11.8 Å². The molecule has 2 aromatic rings. The van der Waals surface area contributed by atoms with E-state index in [9.17, 15) is 9.59 Å². The van der Waals surface area contributed by atoms with Crippen molar-refractivity contribution in [1.29, 1.82) is 0 Å². The van der Waals surface area contributed by atoms with Gasteiger partial charge in [0.05, 0.1) is 0 Å². The van der Waals surface area contributed by atoms with Gasteiger partial charge in [0.1, 0.15) is 17.9 Å². The Balaban J connectivity index is 1.58. The van der Waals surface area contributed by atoms with Crippen molar-refractivity contribution in [1.82, 2.24) is 9.80 Å². The van der Waals surface area contributed by atoms with Crippen molar-refractivity contribution in [2.75, 3.05) is 20.9 Å². The van der Waals surface area contributed by atoms with Gasteiger partial charge in [0.15, 0.2) is 16.6 Å². The number of likely N-dealkylation sites (N-methyl/N-ethyl adjacent to an activating group) is 2. The zero-order chi connectivity index (χ0) is 20.5. The fraction of sp³-hybridized carbons (Fsp3) is 0.190. The zero-order valence-corrected chi connectivity index (χ0v) is 16.7. The minimum atomic E-state index is -0.441. The minimum absolute atomic E-state index is 0.0303. The third-order valence-electron chi connectivity index (χ3n) is 4.69. The summed E-state index contributed by atoms with van der Waals surface area (Å²) in [5, 5.41) is 0.171. The average Bonchev–Trinajstić information content (AvgIpc) is 3.21. The van der Waals surface area contributed by atoms with Crippen LogP contribution in [0.5, 0.6) is 17.2 Å². The number of thiocarbonyl (C=S) groups is 1. The van der Waals surface area contributed by atoms with Gasteiger partial charge in [0, 0.05) is 19.7 Å². The minimum Gasteiger partial charge on any atom is -0.488 e. The predicted molar refractivity (Wildman–Crippen MR) is 109 cm³/mol. The van der Waals surface area contributed by atoms with Crippen molar-refractivity contribution in [2.45, 2.75) is 6.61 Å². The van der Waals surface area contributed by atoms with Gasteiger partial charge in [-0.15, -0.1) is 0 Å². The van der Waals surface area contributed by atoms with E-state index in [1.54, 1.807) is 26.2 Å². The third-order valence-corrected chi connectivity index (χ3v) is 5.24. The molecule has 148 valence electrons. The molecule has 7 nitrogen and oxygen atoms in total. The first-order chi connectivity index (χ1) is 14.0. The Bertz CT molecular complexity index is 1020. The predicted octanol–water partition coefficient (Wildman–Crippen LogP) is 2.59. The highest BCUT2D eigenvalue weighted by atomic mass is 32.1. The number of hydrogen-bond donors (Lipinski definition) is 0. The smallest absolute Gasteiger partial charge is 0.265 e. The molecule has 0 aromatic heterocycles. The topological polar surface area (TPSA) is 68.3 Å². The second kappa shape index (κ2) is 7.56. The first-order valence-corrected chi connectivity index (χ1v) is 9.28. The summed E-state index contributed by atoms with van der Waals surface area (Å²) >= 11 is 5.12. The Hall–Kier alpha value is -3.39. The van der Waals surface area contributed by atoms with Gasteiger partial charge in [-0.3, -0.25) is 19.4 Å². The first-order valence-electron chi connectivity index (χ1n) is 8.88. The van der Waals surface area contributed by atoms with Crippen LogP contribution >= 0.6 is 12.2 Å². The van der Waals surface area contributed by atoms with Gasteiger partial charge in [0.2, 0.25) is 6.79 Å². The summed E-state index contributed by atoms with van der Waals surface area (Å²) in [4.78, 5) is 27.7. The van der Waals surface area contributed by atoms with Crippen molar-refractivity contribution in [3.8, 4) is 17.2 Å². The highest BCUT2D eigenvalue weighted by Gasteiger charge is 2.35. The van der Waals surface area contributed by atoms with Crippen molar-refractivity contribution in [3.05, 3.63) is 59.2 Å². The molecule has 0 atom stereocenters. The van der Waals surface area contributed by atoms with Gasteiger partial charge >= 0.3 is 0 Å². The zero-order valence-electron chi connectivity index (χ0n) is 15.9. The van der Waals surface area contributed by atoms with Crippen LogP contribution in [0.2, 0.25) is 0 Å². The number of carbonyl (C=O) groups excluding carboxylic acids is 2. The molecule has 2 amide bonds. The quantitative estimate of drug-likeness (QED) is 0.439. The number of para-hydroxylation sites is 1. The molecule has 29 heavy (non-hydrogen) atoms. The van der Waals surface area contributed by atoms with Crippen LogP contribution in [0.3, 0.4) is 0 Å². The van der Waals surface area contributed by atoms with Crippen molar-refractivity contribution in [3.63, 3.8) is 0 Å². The normalized spacial score (nSPS) is 15.8. The molecule has 0 spiro atoms. The fourth-order valence-corrected chi connectivity index (χ4v) is 3.22.